The van der Waals surface area contributed by atoms with Crippen LogP contribution >= 0.6 is 0 Å². The van der Waals surface area contributed by atoms with Gasteiger partial charge in [-0.3, -0.25) is 9.59 Å². The lowest BCUT2D eigenvalue weighted by atomic mass is 10.1. The molecule has 2 N–H and O–H groups in total. The highest BCUT2D eigenvalue weighted by molar-refractivity contribution is 5.97. The van der Waals surface area contributed by atoms with Crippen LogP contribution in [0.2, 0.25) is 0 Å². The number of nitrogens with one attached hydrogen (secondary N) is 1. The van der Waals surface area contributed by atoms with E-state index in [2.05, 4.69) is 5.32 Å². The molecule has 6 nitrogen and oxygen atoms in total. The Morgan fingerprint density at radius 1 is 1.17 bits per heavy atom. The first-order valence-electron chi connectivity index (χ1n) is 7.97. The number of amides is 2. The van der Waals surface area contributed by atoms with E-state index in [0.717, 1.165) is 25.8 Å². The number of rotatable bonds is 6. The summed E-state index contributed by atoms with van der Waals surface area (Å²) in [6.07, 6.45) is 4.41. The molecular formula is C17H22N2O4. The molecule has 0 aliphatic carbocycles. The molecule has 1 saturated heterocycles. The lowest BCUT2D eigenvalue weighted by molar-refractivity contribution is -0.130. The second kappa shape index (κ2) is 8.31. The maximum Gasteiger partial charge on any atom is 0.335 e. The Kier molecular flexibility index (Phi) is 6.14. The van der Waals surface area contributed by atoms with Crippen LogP contribution < -0.4 is 5.32 Å². The third-order valence-corrected chi connectivity index (χ3v) is 3.93. The standard InChI is InChI=1S/C17H22N2O4/c20-15-8-2-1-3-10-19(15)11-5-9-18-16(21)13-6-4-7-14(12-13)17(22)23/h4,6-7,12H,1-3,5,8-11H2,(H,18,21)(H,22,23). The van der Waals surface area contributed by atoms with E-state index in [-0.39, 0.29) is 17.4 Å². The van der Waals surface area contributed by atoms with Crippen molar-refractivity contribution in [2.75, 3.05) is 19.6 Å². The first kappa shape index (κ1) is 17.0. The minimum absolute atomic E-state index is 0.0906. The lowest BCUT2D eigenvalue weighted by Crippen LogP contribution is -2.34. The topological polar surface area (TPSA) is 86.7 Å². The SMILES string of the molecule is O=C(O)c1cccc(C(=O)NCCCN2CCCCCC2=O)c1. The van der Waals surface area contributed by atoms with Gasteiger partial charge in [-0.2, -0.15) is 0 Å². The van der Waals surface area contributed by atoms with Crippen molar-refractivity contribution in [2.24, 2.45) is 0 Å². The molecule has 124 valence electrons. The zero-order valence-corrected chi connectivity index (χ0v) is 13.1. The highest BCUT2D eigenvalue weighted by Crippen LogP contribution is 2.11. The normalized spacial score (nSPS) is 15.1. The van der Waals surface area contributed by atoms with Crippen molar-refractivity contribution in [3.63, 3.8) is 0 Å². The maximum atomic E-state index is 12.0. The van der Waals surface area contributed by atoms with Crippen LogP contribution in [0, 0.1) is 0 Å². The van der Waals surface area contributed by atoms with Gasteiger partial charge in [0.2, 0.25) is 5.91 Å². The molecule has 23 heavy (non-hydrogen) atoms. The van der Waals surface area contributed by atoms with E-state index in [1.165, 1.54) is 12.1 Å². The van der Waals surface area contributed by atoms with Crippen LogP contribution in [0.3, 0.4) is 0 Å². The largest absolute Gasteiger partial charge is 0.478 e. The van der Waals surface area contributed by atoms with E-state index in [4.69, 9.17) is 5.11 Å². The van der Waals surface area contributed by atoms with Gasteiger partial charge in [0, 0.05) is 31.6 Å². The number of nitrogens with zero attached hydrogens (tertiary/aromatic N) is 1. The van der Waals surface area contributed by atoms with Crippen LogP contribution in [0.15, 0.2) is 24.3 Å². The average Bonchev–Trinajstić information content (AvgIpc) is 2.76. The Morgan fingerprint density at radius 3 is 2.74 bits per heavy atom. The summed E-state index contributed by atoms with van der Waals surface area (Å²) in [4.78, 5) is 36.6. The van der Waals surface area contributed by atoms with E-state index in [1.54, 1.807) is 12.1 Å². The molecule has 0 bridgehead atoms. The number of carbonyl (C=O) groups is 3. The zero-order valence-electron chi connectivity index (χ0n) is 13.1. The first-order valence-corrected chi connectivity index (χ1v) is 7.97. The average molecular weight is 318 g/mol. The van der Waals surface area contributed by atoms with E-state index < -0.39 is 5.97 Å². The zero-order chi connectivity index (χ0) is 16.7. The number of likely N-dealkylation sites (tertiary alicyclic amines) is 1. The predicted octanol–water partition coefficient (Wildman–Crippen LogP) is 1.91. The molecule has 2 amide bonds. The lowest BCUT2D eigenvalue weighted by Gasteiger charge is -2.20. The fraction of sp³-hybridized carbons (Fsp3) is 0.471. The second-order valence-electron chi connectivity index (χ2n) is 5.69. The molecule has 0 saturated carbocycles. The molecule has 1 heterocycles. The third kappa shape index (κ3) is 5.09. The summed E-state index contributed by atoms with van der Waals surface area (Å²) in [5.74, 6) is -1.15. The van der Waals surface area contributed by atoms with Gasteiger partial charge in [-0.1, -0.05) is 12.5 Å². The molecule has 0 unspecified atom stereocenters. The van der Waals surface area contributed by atoms with E-state index in [9.17, 15) is 14.4 Å². The molecule has 6 heteroatoms. The summed E-state index contributed by atoms with van der Waals surface area (Å²) in [6.45, 7) is 1.90. The molecule has 1 aromatic carbocycles. The highest BCUT2D eigenvalue weighted by atomic mass is 16.4. The number of carboxylic acid groups (broad SMARTS) is 1. The smallest absolute Gasteiger partial charge is 0.335 e. The molecule has 1 fully saturated rings. The van der Waals surface area contributed by atoms with Gasteiger partial charge in [0.25, 0.3) is 5.91 Å². The number of hydrogen-bond acceptors (Lipinski definition) is 3. The Balaban J connectivity index is 1.77. The van der Waals surface area contributed by atoms with Crippen LogP contribution in [0.1, 0.15) is 52.8 Å². The van der Waals surface area contributed by atoms with Crippen LogP contribution in [0.5, 0.6) is 0 Å². The van der Waals surface area contributed by atoms with Gasteiger partial charge in [-0.25, -0.2) is 4.79 Å². The molecule has 1 aliphatic rings. The minimum Gasteiger partial charge on any atom is -0.478 e. The fourth-order valence-electron chi connectivity index (χ4n) is 2.64. The molecule has 0 spiro atoms. The summed E-state index contributed by atoms with van der Waals surface area (Å²) < 4.78 is 0. The number of carbonyl (C=O) groups excluding carboxylic acids is 2. The predicted molar refractivity (Wildman–Crippen MR) is 85.4 cm³/mol. The number of benzene rings is 1. The molecular weight excluding hydrogens is 296 g/mol. The van der Waals surface area contributed by atoms with Crippen LogP contribution in [0.4, 0.5) is 0 Å². The van der Waals surface area contributed by atoms with E-state index >= 15 is 0 Å². The van der Waals surface area contributed by atoms with Crippen molar-refractivity contribution in [3.8, 4) is 0 Å². The number of hydrogen-bond donors (Lipinski definition) is 2. The van der Waals surface area contributed by atoms with Crippen LogP contribution in [-0.2, 0) is 4.79 Å². The van der Waals surface area contributed by atoms with Crippen molar-refractivity contribution in [1.29, 1.82) is 0 Å². The Labute approximate surface area is 135 Å². The van der Waals surface area contributed by atoms with E-state index in [0.29, 0.717) is 31.5 Å². The van der Waals surface area contributed by atoms with Gasteiger partial charge in [-0.15, -0.1) is 0 Å². The molecule has 0 radical (unpaired) electrons. The summed E-state index contributed by atoms with van der Waals surface area (Å²) in [5, 5.41) is 11.7. The van der Waals surface area contributed by atoms with Gasteiger partial charge in [-0.05, 0) is 37.5 Å². The fourth-order valence-corrected chi connectivity index (χ4v) is 2.64. The van der Waals surface area contributed by atoms with Gasteiger partial charge < -0.3 is 15.3 Å². The molecule has 0 aromatic heterocycles. The quantitative estimate of drug-likeness (QED) is 0.784. The molecule has 1 aliphatic heterocycles. The maximum absolute atomic E-state index is 12.0. The highest BCUT2D eigenvalue weighted by Gasteiger charge is 2.16. The van der Waals surface area contributed by atoms with Gasteiger partial charge in [0.15, 0.2) is 0 Å². The molecule has 0 atom stereocenters. The number of carboxylic acids is 1. The van der Waals surface area contributed by atoms with Crippen molar-refractivity contribution in [2.45, 2.75) is 32.1 Å². The van der Waals surface area contributed by atoms with Crippen molar-refractivity contribution < 1.29 is 19.5 Å². The Hall–Kier alpha value is -2.37. The van der Waals surface area contributed by atoms with E-state index in [1.807, 2.05) is 4.90 Å². The summed E-state index contributed by atoms with van der Waals surface area (Å²) in [5.41, 5.74) is 0.420. The Morgan fingerprint density at radius 2 is 1.96 bits per heavy atom. The first-order chi connectivity index (χ1) is 11.1. The summed E-state index contributed by atoms with van der Waals surface area (Å²) in [7, 11) is 0. The van der Waals surface area contributed by atoms with Crippen molar-refractivity contribution >= 4 is 17.8 Å². The summed E-state index contributed by atoms with van der Waals surface area (Å²) in [6, 6.07) is 5.94. The van der Waals surface area contributed by atoms with Crippen LogP contribution in [0.25, 0.3) is 0 Å². The van der Waals surface area contributed by atoms with Crippen molar-refractivity contribution in [3.05, 3.63) is 35.4 Å². The monoisotopic (exact) mass is 318 g/mol. The summed E-state index contributed by atoms with van der Waals surface area (Å²) >= 11 is 0. The third-order valence-electron chi connectivity index (χ3n) is 3.93. The van der Waals surface area contributed by atoms with Gasteiger partial charge in [0.05, 0.1) is 5.56 Å². The second-order valence-corrected chi connectivity index (χ2v) is 5.69. The molecule has 2 rings (SSSR count). The van der Waals surface area contributed by atoms with Gasteiger partial charge in [0.1, 0.15) is 0 Å². The van der Waals surface area contributed by atoms with Crippen molar-refractivity contribution in [1.82, 2.24) is 10.2 Å². The van der Waals surface area contributed by atoms with Crippen LogP contribution in [-0.4, -0.2) is 47.4 Å². The van der Waals surface area contributed by atoms with Gasteiger partial charge >= 0.3 is 5.97 Å². The molecule has 1 aromatic rings. The minimum atomic E-state index is -1.06. The number of aromatic carboxylic acids is 1. The Bertz CT molecular complexity index is 586.